The van der Waals surface area contributed by atoms with Crippen molar-refractivity contribution in [1.29, 1.82) is 0 Å². The highest BCUT2D eigenvalue weighted by molar-refractivity contribution is 6.58. The molecule has 4 rings (SSSR count). The molecule has 4 aromatic rings. The molecule has 0 atom stereocenters. The van der Waals surface area contributed by atoms with E-state index in [1.165, 1.54) is 21.8 Å². The molecular weight excluding hydrogens is 321 g/mol. The molecule has 4 heteroatoms. The first-order chi connectivity index (χ1) is 12.7. The quantitative estimate of drug-likeness (QED) is 0.439. The highest BCUT2D eigenvalue weighted by atomic mass is 16.4. The van der Waals surface area contributed by atoms with Crippen LogP contribution < -0.4 is 5.46 Å². The van der Waals surface area contributed by atoms with Gasteiger partial charge in [-0.05, 0) is 41.7 Å². The fourth-order valence-corrected chi connectivity index (χ4v) is 3.49. The van der Waals surface area contributed by atoms with Crippen molar-refractivity contribution in [1.82, 2.24) is 4.57 Å². The van der Waals surface area contributed by atoms with Gasteiger partial charge in [0.1, 0.15) is 0 Å². The number of rotatable bonds is 4. The van der Waals surface area contributed by atoms with Crippen LogP contribution in [-0.2, 0) is 6.54 Å². The Morgan fingerprint density at radius 3 is 2.19 bits per heavy atom. The smallest absolute Gasteiger partial charge is 0.423 e. The second kappa shape index (κ2) is 6.83. The molecule has 3 nitrogen and oxygen atoms in total. The number of benzene rings is 3. The van der Waals surface area contributed by atoms with Crippen LogP contribution in [0.2, 0.25) is 0 Å². The molecule has 0 radical (unpaired) electrons. The molecule has 0 saturated heterocycles. The van der Waals surface area contributed by atoms with Gasteiger partial charge in [-0.2, -0.15) is 0 Å². The van der Waals surface area contributed by atoms with E-state index in [9.17, 15) is 0 Å². The van der Waals surface area contributed by atoms with Gasteiger partial charge in [-0.15, -0.1) is 0 Å². The summed E-state index contributed by atoms with van der Waals surface area (Å²) in [6, 6.07) is 22.3. The van der Waals surface area contributed by atoms with E-state index in [2.05, 4.69) is 60.0 Å². The summed E-state index contributed by atoms with van der Waals surface area (Å²) in [5, 5.41) is 20.9. The summed E-state index contributed by atoms with van der Waals surface area (Å²) in [6.07, 6.45) is 4.12. The standard InChI is InChI=1S/C22H20BNO2/c1-2-24-21-6-4-3-5-19(21)20-15-17(11-14-22(20)24)8-7-16-9-12-18(13-10-16)23(25)26/h3-15,25-26H,2H2,1H3/b8-7+. The molecule has 0 aliphatic rings. The molecule has 1 aromatic heterocycles. The monoisotopic (exact) mass is 341 g/mol. The Morgan fingerprint density at radius 1 is 0.808 bits per heavy atom. The molecule has 0 saturated carbocycles. The van der Waals surface area contributed by atoms with Crippen molar-refractivity contribution in [2.24, 2.45) is 0 Å². The molecule has 26 heavy (non-hydrogen) atoms. The van der Waals surface area contributed by atoms with Crippen LogP contribution in [0.5, 0.6) is 0 Å². The summed E-state index contributed by atoms with van der Waals surface area (Å²) in [5.74, 6) is 0. The van der Waals surface area contributed by atoms with Gasteiger partial charge >= 0.3 is 7.12 Å². The predicted octanol–water partition coefficient (Wildman–Crippen LogP) is 3.66. The van der Waals surface area contributed by atoms with Crippen LogP contribution in [0.25, 0.3) is 34.0 Å². The first kappa shape index (κ1) is 16.6. The Hall–Kier alpha value is -2.82. The highest BCUT2D eigenvalue weighted by Gasteiger charge is 2.10. The van der Waals surface area contributed by atoms with Crippen LogP contribution in [0.3, 0.4) is 0 Å². The minimum absolute atomic E-state index is 0.496. The zero-order valence-corrected chi connectivity index (χ0v) is 14.6. The van der Waals surface area contributed by atoms with Crippen LogP contribution >= 0.6 is 0 Å². The second-order valence-corrected chi connectivity index (χ2v) is 6.41. The van der Waals surface area contributed by atoms with Crippen molar-refractivity contribution in [2.75, 3.05) is 0 Å². The maximum Gasteiger partial charge on any atom is 0.488 e. The third kappa shape index (κ3) is 2.94. The summed E-state index contributed by atoms with van der Waals surface area (Å²) in [7, 11) is -1.42. The van der Waals surface area contributed by atoms with Gasteiger partial charge in [0.15, 0.2) is 0 Å². The Bertz CT molecular complexity index is 1090. The van der Waals surface area contributed by atoms with E-state index in [-0.39, 0.29) is 0 Å². The highest BCUT2D eigenvalue weighted by Crippen LogP contribution is 2.30. The van der Waals surface area contributed by atoms with E-state index in [0.717, 1.165) is 17.7 Å². The maximum absolute atomic E-state index is 9.17. The molecule has 1 heterocycles. The Kier molecular flexibility index (Phi) is 4.37. The van der Waals surface area contributed by atoms with E-state index < -0.39 is 7.12 Å². The van der Waals surface area contributed by atoms with Gasteiger partial charge in [0.25, 0.3) is 0 Å². The molecule has 0 aliphatic carbocycles. The van der Waals surface area contributed by atoms with Gasteiger partial charge in [-0.1, -0.05) is 60.7 Å². The molecule has 0 aliphatic heterocycles. The van der Waals surface area contributed by atoms with Crippen LogP contribution in [0.15, 0.2) is 66.7 Å². The van der Waals surface area contributed by atoms with Gasteiger partial charge in [-0.25, -0.2) is 0 Å². The van der Waals surface area contributed by atoms with Crippen LogP contribution in [0.1, 0.15) is 18.1 Å². The average Bonchev–Trinajstić information content (AvgIpc) is 2.99. The summed E-state index contributed by atoms with van der Waals surface area (Å²) in [6.45, 7) is 3.12. The van der Waals surface area contributed by atoms with Crippen molar-refractivity contribution in [3.05, 3.63) is 77.9 Å². The Morgan fingerprint density at radius 2 is 1.46 bits per heavy atom. The fraction of sp³-hybridized carbons (Fsp3) is 0.0909. The van der Waals surface area contributed by atoms with Gasteiger partial charge in [0, 0.05) is 28.4 Å². The number of aryl methyl sites for hydroxylation is 1. The minimum atomic E-state index is -1.42. The van der Waals surface area contributed by atoms with Crippen molar-refractivity contribution in [3.63, 3.8) is 0 Å². The summed E-state index contributed by atoms with van der Waals surface area (Å²) >= 11 is 0. The lowest BCUT2D eigenvalue weighted by atomic mass is 9.80. The van der Waals surface area contributed by atoms with Gasteiger partial charge < -0.3 is 14.6 Å². The summed E-state index contributed by atoms with van der Waals surface area (Å²) in [4.78, 5) is 0. The molecular formula is C22H20BNO2. The largest absolute Gasteiger partial charge is 0.488 e. The van der Waals surface area contributed by atoms with Crippen molar-refractivity contribution >= 4 is 46.5 Å². The van der Waals surface area contributed by atoms with E-state index in [1.807, 2.05) is 18.2 Å². The van der Waals surface area contributed by atoms with Crippen molar-refractivity contribution in [3.8, 4) is 0 Å². The minimum Gasteiger partial charge on any atom is -0.423 e. The van der Waals surface area contributed by atoms with Crippen molar-refractivity contribution in [2.45, 2.75) is 13.5 Å². The zero-order valence-electron chi connectivity index (χ0n) is 14.6. The number of aromatic nitrogens is 1. The number of para-hydroxylation sites is 1. The van der Waals surface area contributed by atoms with E-state index in [4.69, 9.17) is 10.0 Å². The lowest BCUT2D eigenvalue weighted by Gasteiger charge is -2.03. The van der Waals surface area contributed by atoms with Crippen LogP contribution in [0, 0.1) is 0 Å². The molecule has 0 fully saturated rings. The third-order valence-corrected chi connectivity index (χ3v) is 4.82. The third-order valence-electron chi connectivity index (χ3n) is 4.82. The predicted molar refractivity (Wildman–Crippen MR) is 110 cm³/mol. The first-order valence-corrected chi connectivity index (χ1v) is 8.82. The molecule has 0 spiro atoms. The normalized spacial score (nSPS) is 11.7. The molecule has 3 aromatic carbocycles. The topological polar surface area (TPSA) is 45.4 Å². The number of hydrogen-bond acceptors (Lipinski definition) is 2. The van der Waals surface area contributed by atoms with E-state index in [1.54, 1.807) is 12.1 Å². The van der Waals surface area contributed by atoms with Crippen molar-refractivity contribution < 1.29 is 10.0 Å². The number of hydrogen-bond donors (Lipinski definition) is 2. The SMILES string of the molecule is CCn1c2ccccc2c2cc(/C=C/c3ccc(B(O)O)cc3)ccc21. The Labute approximate surface area is 153 Å². The van der Waals surface area contributed by atoms with E-state index >= 15 is 0 Å². The van der Waals surface area contributed by atoms with E-state index in [0.29, 0.717) is 5.46 Å². The zero-order chi connectivity index (χ0) is 18.1. The lowest BCUT2D eigenvalue weighted by molar-refractivity contribution is 0.426. The Balaban J connectivity index is 1.72. The maximum atomic E-state index is 9.17. The number of fused-ring (bicyclic) bond motifs is 3. The molecule has 2 N–H and O–H groups in total. The van der Waals surface area contributed by atoms with Gasteiger partial charge in [-0.3, -0.25) is 0 Å². The lowest BCUT2D eigenvalue weighted by Crippen LogP contribution is -2.29. The molecule has 0 bridgehead atoms. The summed E-state index contributed by atoms with van der Waals surface area (Å²) < 4.78 is 2.34. The number of nitrogens with zero attached hydrogens (tertiary/aromatic N) is 1. The first-order valence-electron chi connectivity index (χ1n) is 8.82. The molecule has 0 amide bonds. The second-order valence-electron chi connectivity index (χ2n) is 6.41. The van der Waals surface area contributed by atoms with Crippen LogP contribution in [-0.4, -0.2) is 21.7 Å². The fourth-order valence-electron chi connectivity index (χ4n) is 3.49. The van der Waals surface area contributed by atoms with Gasteiger partial charge in [0.05, 0.1) is 0 Å². The average molecular weight is 341 g/mol. The van der Waals surface area contributed by atoms with Crippen LogP contribution in [0.4, 0.5) is 0 Å². The van der Waals surface area contributed by atoms with Gasteiger partial charge in [0.2, 0.25) is 0 Å². The molecule has 0 unspecified atom stereocenters. The summed E-state index contributed by atoms with van der Waals surface area (Å²) in [5.41, 5.74) is 5.18. The molecule has 128 valence electrons.